The van der Waals surface area contributed by atoms with Crippen LogP contribution in [0.3, 0.4) is 0 Å². The Morgan fingerprint density at radius 3 is 2.60 bits per heavy atom. The molecule has 0 spiro atoms. The Labute approximate surface area is 123 Å². The first kappa shape index (κ1) is 15.6. The van der Waals surface area contributed by atoms with Crippen molar-refractivity contribution in [3.63, 3.8) is 0 Å². The second-order valence-corrected chi connectivity index (χ2v) is 8.35. The van der Waals surface area contributed by atoms with Gasteiger partial charge in [-0.3, -0.25) is 0 Å². The lowest BCUT2D eigenvalue weighted by Gasteiger charge is -2.30. The average Bonchev–Trinajstić information content (AvgIpc) is 2.75. The number of benzene rings is 1. The molecular weight excluding hydrogens is 274 g/mol. The molecule has 0 saturated heterocycles. The Morgan fingerprint density at radius 1 is 1.35 bits per heavy atom. The zero-order valence-electron chi connectivity index (χ0n) is 12.3. The summed E-state index contributed by atoms with van der Waals surface area (Å²) in [4.78, 5) is 0. The molecule has 0 aromatic heterocycles. The van der Waals surface area contributed by atoms with Crippen LogP contribution in [0.5, 0.6) is 0 Å². The Balaban J connectivity index is 2.35. The van der Waals surface area contributed by atoms with Crippen molar-refractivity contribution >= 4 is 11.0 Å². The van der Waals surface area contributed by atoms with Crippen LogP contribution in [0.2, 0.25) is 0 Å². The minimum absolute atomic E-state index is 0.0113. The van der Waals surface area contributed by atoms with Crippen LogP contribution in [0.15, 0.2) is 18.2 Å². The summed E-state index contributed by atoms with van der Waals surface area (Å²) in [5.41, 5.74) is 3.09. The van der Waals surface area contributed by atoms with Crippen LogP contribution in [0.25, 0.3) is 0 Å². The van der Waals surface area contributed by atoms with E-state index in [0.717, 1.165) is 16.7 Å². The van der Waals surface area contributed by atoms with Gasteiger partial charge in [-0.05, 0) is 43.9 Å². The van der Waals surface area contributed by atoms with E-state index in [9.17, 15) is 14.4 Å². The topological polar surface area (TPSA) is 60.8 Å². The number of rotatable bonds is 4. The molecule has 1 aromatic carbocycles. The average molecular weight is 297 g/mol. The number of aliphatic hydroxyl groups excluding tert-OH is 2. The SMILES string of the molecule is CC(C)(C)S(=O)N1Cc2cc(CO)ccc2[C@@H]1CCO. The first-order valence-electron chi connectivity index (χ1n) is 6.90. The van der Waals surface area contributed by atoms with Gasteiger partial charge >= 0.3 is 0 Å². The number of fused-ring (bicyclic) bond motifs is 1. The van der Waals surface area contributed by atoms with Gasteiger partial charge in [0, 0.05) is 13.2 Å². The molecule has 2 atom stereocenters. The zero-order chi connectivity index (χ0) is 14.9. The van der Waals surface area contributed by atoms with Crippen molar-refractivity contribution in [2.45, 2.75) is 51.1 Å². The van der Waals surface area contributed by atoms with Crippen molar-refractivity contribution in [3.05, 3.63) is 34.9 Å². The molecule has 2 rings (SSSR count). The summed E-state index contributed by atoms with van der Waals surface area (Å²) in [6, 6.07) is 5.84. The van der Waals surface area contributed by atoms with Crippen molar-refractivity contribution in [1.29, 1.82) is 0 Å². The van der Waals surface area contributed by atoms with Crippen molar-refractivity contribution in [1.82, 2.24) is 4.31 Å². The first-order valence-corrected chi connectivity index (χ1v) is 8.01. The molecule has 112 valence electrons. The molecule has 1 unspecified atom stereocenters. The normalized spacial score (nSPS) is 20.9. The van der Waals surface area contributed by atoms with Gasteiger partial charge in [-0.15, -0.1) is 0 Å². The van der Waals surface area contributed by atoms with E-state index in [-0.39, 0.29) is 24.0 Å². The van der Waals surface area contributed by atoms with Crippen molar-refractivity contribution in [3.8, 4) is 0 Å². The van der Waals surface area contributed by atoms with E-state index in [1.165, 1.54) is 0 Å². The van der Waals surface area contributed by atoms with Crippen molar-refractivity contribution < 1.29 is 14.4 Å². The Morgan fingerprint density at radius 2 is 2.05 bits per heavy atom. The number of hydrogen-bond donors (Lipinski definition) is 2. The van der Waals surface area contributed by atoms with Gasteiger partial charge < -0.3 is 10.2 Å². The molecule has 0 bridgehead atoms. The van der Waals surface area contributed by atoms with E-state index in [1.54, 1.807) is 0 Å². The molecule has 20 heavy (non-hydrogen) atoms. The summed E-state index contributed by atoms with van der Waals surface area (Å²) < 4.78 is 14.3. The van der Waals surface area contributed by atoms with Crippen LogP contribution < -0.4 is 0 Å². The van der Waals surface area contributed by atoms with Crippen LogP contribution in [0, 0.1) is 0 Å². The van der Waals surface area contributed by atoms with Crippen LogP contribution in [0.4, 0.5) is 0 Å². The fourth-order valence-corrected chi connectivity index (χ4v) is 4.01. The summed E-state index contributed by atoms with van der Waals surface area (Å²) in [6.07, 6.45) is 0.577. The third-order valence-corrected chi connectivity index (χ3v) is 5.42. The van der Waals surface area contributed by atoms with Crippen LogP contribution in [-0.2, 0) is 24.1 Å². The molecule has 5 heteroatoms. The molecule has 1 heterocycles. The lowest BCUT2D eigenvalue weighted by Crippen LogP contribution is -2.36. The number of hydrogen-bond acceptors (Lipinski definition) is 3. The molecule has 0 aliphatic carbocycles. The summed E-state index contributed by atoms with van der Waals surface area (Å²) in [6.45, 7) is 6.57. The predicted octanol–water partition coefficient (Wildman–Crippen LogP) is 1.88. The van der Waals surface area contributed by atoms with Gasteiger partial charge in [-0.1, -0.05) is 18.2 Å². The third kappa shape index (κ3) is 2.96. The van der Waals surface area contributed by atoms with Gasteiger partial charge in [-0.25, -0.2) is 8.51 Å². The Bertz CT molecular complexity index is 510. The molecule has 2 N–H and O–H groups in total. The standard InChI is InChI=1S/C15H23NO3S/c1-15(2,3)20(19)16-9-12-8-11(10-18)4-5-13(12)14(16)6-7-17/h4-5,8,14,17-18H,6-7,9-10H2,1-3H3/t14-,20?/m0/s1. The van der Waals surface area contributed by atoms with Crippen LogP contribution in [-0.4, -0.2) is 30.1 Å². The molecular formula is C15H23NO3S. The zero-order valence-corrected chi connectivity index (χ0v) is 13.1. The first-order chi connectivity index (χ1) is 9.38. The summed E-state index contributed by atoms with van der Waals surface area (Å²) in [5, 5.41) is 18.5. The molecule has 0 radical (unpaired) electrons. The number of nitrogens with zero attached hydrogens (tertiary/aromatic N) is 1. The minimum Gasteiger partial charge on any atom is -0.396 e. The maximum absolute atomic E-state index is 12.7. The highest BCUT2D eigenvalue weighted by Gasteiger charge is 2.37. The Hall–Kier alpha value is -0.750. The smallest absolute Gasteiger partial charge is 0.101 e. The summed E-state index contributed by atoms with van der Waals surface area (Å²) >= 11 is 0. The third-order valence-electron chi connectivity index (χ3n) is 3.56. The molecule has 0 amide bonds. The lowest BCUT2D eigenvalue weighted by atomic mass is 10.0. The highest BCUT2D eigenvalue weighted by Crippen LogP contribution is 2.39. The van der Waals surface area contributed by atoms with E-state index < -0.39 is 11.0 Å². The Kier molecular flexibility index (Phi) is 4.64. The van der Waals surface area contributed by atoms with E-state index >= 15 is 0 Å². The summed E-state index contributed by atoms with van der Waals surface area (Å²) in [7, 11) is -1.12. The van der Waals surface area contributed by atoms with Gasteiger partial charge in [-0.2, -0.15) is 0 Å². The highest BCUT2D eigenvalue weighted by molar-refractivity contribution is 7.84. The molecule has 0 fully saturated rings. The van der Waals surface area contributed by atoms with Gasteiger partial charge in [0.1, 0.15) is 11.0 Å². The highest BCUT2D eigenvalue weighted by atomic mass is 32.2. The van der Waals surface area contributed by atoms with E-state index in [4.69, 9.17) is 0 Å². The lowest BCUT2D eigenvalue weighted by molar-refractivity contribution is 0.238. The van der Waals surface area contributed by atoms with Crippen molar-refractivity contribution in [2.75, 3.05) is 6.61 Å². The fraction of sp³-hybridized carbons (Fsp3) is 0.600. The van der Waals surface area contributed by atoms with Crippen LogP contribution in [0.1, 0.15) is 49.9 Å². The second kappa shape index (κ2) is 5.93. The molecule has 1 aliphatic heterocycles. The van der Waals surface area contributed by atoms with E-state index in [0.29, 0.717) is 13.0 Å². The number of aliphatic hydroxyl groups is 2. The minimum atomic E-state index is -1.12. The largest absolute Gasteiger partial charge is 0.396 e. The molecule has 4 nitrogen and oxygen atoms in total. The molecule has 1 aromatic rings. The van der Waals surface area contributed by atoms with E-state index in [1.807, 2.05) is 43.3 Å². The summed E-state index contributed by atoms with van der Waals surface area (Å²) in [5.74, 6) is 0. The van der Waals surface area contributed by atoms with Crippen molar-refractivity contribution in [2.24, 2.45) is 0 Å². The van der Waals surface area contributed by atoms with Gasteiger partial charge in [0.2, 0.25) is 0 Å². The van der Waals surface area contributed by atoms with Gasteiger partial charge in [0.05, 0.1) is 17.4 Å². The van der Waals surface area contributed by atoms with Crippen LogP contribution >= 0.6 is 0 Å². The fourth-order valence-electron chi connectivity index (χ4n) is 2.60. The van der Waals surface area contributed by atoms with Gasteiger partial charge in [0.15, 0.2) is 0 Å². The maximum Gasteiger partial charge on any atom is 0.101 e. The second-order valence-electron chi connectivity index (χ2n) is 6.16. The monoisotopic (exact) mass is 297 g/mol. The van der Waals surface area contributed by atoms with E-state index in [2.05, 4.69) is 0 Å². The molecule has 1 aliphatic rings. The molecule has 0 saturated carbocycles. The van der Waals surface area contributed by atoms with Gasteiger partial charge in [0.25, 0.3) is 0 Å². The maximum atomic E-state index is 12.7. The quantitative estimate of drug-likeness (QED) is 0.892. The predicted molar refractivity (Wildman–Crippen MR) is 80.2 cm³/mol.